The minimum atomic E-state index is -1.20. The molecule has 0 N–H and O–H groups in total. The van der Waals surface area contributed by atoms with E-state index < -0.39 is 35.8 Å². The SMILES string of the molecule is C=C(/C=C(/F)C(=C)F)COc1ccc(B2OC(C)(C)C(C)(C)O2)cc1F. The van der Waals surface area contributed by atoms with Crippen molar-refractivity contribution in [3.8, 4) is 5.75 Å². The molecule has 1 aromatic rings. The molecular formula is C19H22BF3O3. The Bertz CT molecular complexity index is 740. The van der Waals surface area contributed by atoms with Crippen LogP contribution in [-0.2, 0) is 9.31 Å². The normalized spacial score (nSPS) is 18.7. The van der Waals surface area contributed by atoms with Crippen LogP contribution in [0.2, 0.25) is 0 Å². The van der Waals surface area contributed by atoms with Gasteiger partial charge in [0.1, 0.15) is 6.61 Å². The first kappa shape index (κ1) is 20.3. The number of ether oxygens (including phenoxy) is 1. The van der Waals surface area contributed by atoms with Crippen molar-refractivity contribution in [2.45, 2.75) is 38.9 Å². The van der Waals surface area contributed by atoms with Gasteiger partial charge in [0.15, 0.2) is 23.2 Å². The highest BCUT2D eigenvalue weighted by Crippen LogP contribution is 2.36. The molecule has 3 nitrogen and oxygen atoms in total. The zero-order valence-corrected chi connectivity index (χ0v) is 15.4. The van der Waals surface area contributed by atoms with Gasteiger partial charge in [0.2, 0.25) is 0 Å². The third-order valence-electron chi connectivity index (χ3n) is 4.48. The van der Waals surface area contributed by atoms with E-state index in [1.54, 1.807) is 6.07 Å². The summed E-state index contributed by atoms with van der Waals surface area (Å²) in [5, 5.41) is 0. The van der Waals surface area contributed by atoms with Gasteiger partial charge >= 0.3 is 7.12 Å². The molecule has 2 rings (SSSR count). The molecule has 0 aliphatic carbocycles. The molecule has 0 atom stereocenters. The van der Waals surface area contributed by atoms with Gasteiger partial charge in [-0.3, -0.25) is 0 Å². The van der Waals surface area contributed by atoms with Crippen molar-refractivity contribution in [2.75, 3.05) is 6.61 Å². The van der Waals surface area contributed by atoms with E-state index in [0.717, 1.165) is 6.08 Å². The van der Waals surface area contributed by atoms with E-state index in [2.05, 4.69) is 13.2 Å². The fourth-order valence-corrected chi connectivity index (χ4v) is 2.23. The molecule has 1 heterocycles. The van der Waals surface area contributed by atoms with Crippen molar-refractivity contribution in [1.82, 2.24) is 0 Å². The second-order valence-electron chi connectivity index (χ2n) is 7.12. The van der Waals surface area contributed by atoms with Crippen LogP contribution in [-0.4, -0.2) is 24.9 Å². The van der Waals surface area contributed by atoms with Gasteiger partial charge < -0.3 is 14.0 Å². The Hall–Kier alpha value is -1.99. The lowest BCUT2D eigenvalue weighted by Crippen LogP contribution is -2.41. The zero-order chi connectivity index (χ0) is 19.7. The van der Waals surface area contributed by atoms with Gasteiger partial charge in [-0.15, -0.1) is 0 Å². The fourth-order valence-electron chi connectivity index (χ4n) is 2.23. The number of halogens is 3. The summed E-state index contributed by atoms with van der Waals surface area (Å²) in [5.41, 5.74) is -0.404. The van der Waals surface area contributed by atoms with Crippen LogP contribution in [0.1, 0.15) is 27.7 Å². The molecule has 0 radical (unpaired) electrons. The van der Waals surface area contributed by atoms with Gasteiger partial charge in [-0.2, -0.15) is 0 Å². The Morgan fingerprint density at radius 3 is 2.23 bits per heavy atom. The lowest BCUT2D eigenvalue weighted by Gasteiger charge is -2.32. The fraction of sp³-hybridized carbons (Fsp3) is 0.368. The van der Waals surface area contributed by atoms with Gasteiger partial charge in [-0.1, -0.05) is 19.2 Å². The van der Waals surface area contributed by atoms with Crippen LogP contribution in [0.15, 0.2) is 54.7 Å². The van der Waals surface area contributed by atoms with E-state index in [1.807, 2.05) is 27.7 Å². The minimum Gasteiger partial charge on any atom is -0.486 e. The molecule has 0 unspecified atom stereocenters. The summed E-state index contributed by atoms with van der Waals surface area (Å²) >= 11 is 0. The Kier molecular flexibility index (Phi) is 5.73. The standard InChI is InChI=1S/C19H22BF3O3/c1-12(9-15(22)13(2)21)11-24-17-8-7-14(10-16(17)23)20-25-18(3,4)19(5,6)26-20/h7-10H,1-2,11H2,3-6H3/b15-9+. The molecule has 1 aromatic carbocycles. The largest absolute Gasteiger partial charge is 0.494 e. The molecule has 0 spiro atoms. The molecule has 0 amide bonds. The first-order valence-corrected chi connectivity index (χ1v) is 8.10. The van der Waals surface area contributed by atoms with Gasteiger partial charge in [-0.05, 0) is 56.9 Å². The predicted octanol–water partition coefficient (Wildman–Crippen LogP) is 4.40. The summed E-state index contributed by atoms with van der Waals surface area (Å²) in [7, 11) is -0.689. The van der Waals surface area contributed by atoms with Crippen molar-refractivity contribution in [3.05, 3.63) is 60.5 Å². The summed E-state index contributed by atoms with van der Waals surface area (Å²) in [6, 6.07) is 4.32. The van der Waals surface area contributed by atoms with E-state index in [9.17, 15) is 13.2 Å². The van der Waals surface area contributed by atoms with E-state index in [1.165, 1.54) is 12.1 Å². The second-order valence-corrected chi connectivity index (χ2v) is 7.12. The van der Waals surface area contributed by atoms with Gasteiger partial charge in [0.25, 0.3) is 0 Å². The zero-order valence-electron chi connectivity index (χ0n) is 15.4. The predicted molar refractivity (Wildman–Crippen MR) is 96.2 cm³/mol. The Labute approximate surface area is 152 Å². The summed E-state index contributed by atoms with van der Waals surface area (Å²) < 4.78 is 57.0. The first-order chi connectivity index (χ1) is 11.9. The van der Waals surface area contributed by atoms with Crippen molar-refractivity contribution in [3.63, 3.8) is 0 Å². The molecular weight excluding hydrogens is 344 g/mol. The number of allylic oxidation sites excluding steroid dienone is 2. The topological polar surface area (TPSA) is 27.7 Å². The summed E-state index contributed by atoms with van der Waals surface area (Å²) in [6.07, 6.45) is 0.846. The summed E-state index contributed by atoms with van der Waals surface area (Å²) in [4.78, 5) is 0. The van der Waals surface area contributed by atoms with Gasteiger partial charge in [0.05, 0.1) is 11.2 Å². The van der Waals surface area contributed by atoms with Gasteiger partial charge in [-0.25, -0.2) is 13.2 Å². The highest BCUT2D eigenvalue weighted by Gasteiger charge is 2.51. The smallest absolute Gasteiger partial charge is 0.486 e. The molecule has 1 fully saturated rings. The van der Waals surface area contributed by atoms with Gasteiger partial charge in [0, 0.05) is 0 Å². The van der Waals surface area contributed by atoms with Crippen LogP contribution in [0, 0.1) is 5.82 Å². The van der Waals surface area contributed by atoms with Crippen molar-refractivity contribution in [2.24, 2.45) is 0 Å². The van der Waals surface area contributed by atoms with E-state index >= 15 is 0 Å². The number of benzene rings is 1. The maximum Gasteiger partial charge on any atom is 0.494 e. The second kappa shape index (κ2) is 7.33. The molecule has 26 heavy (non-hydrogen) atoms. The molecule has 1 saturated heterocycles. The quantitative estimate of drug-likeness (QED) is 0.552. The lowest BCUT2D eigenvalue weighted by molar-refractivity contribution is 0.00578. The lowest BCUT2D eigenvalue weighted by atomic mass is 9.79. The number of rotatable bonds is 6. The summed E-state index contributed by atoms with van der Waals surface area (Å²) in [5.74, 6) is -3.01. The molecule has 1 aliphatic rings. The Morgan fingerprint density at radius 2 is 1.73 bits per heavy atom. The average Bonchev–Trinajstić information content (AvgIpc) is 2.74. The number of hydrogen-bond acceptors (Lipinski definition) is 3. The van der Waals surface area contributed by atoms with E-state index in [0.29, 0.717) is 5.46 Å². The molecule has 0 bridgehead atoms. The summed E-state index contributed by atoms with van der Waals surface area (Å²) in [6.45, 7) is 13.8. The highest BCUT2D eigenvalue weighted by atomic mass is 19.2. The van der Waals surface area contributed by atoms with Crippen LogP contribution in [0.3, 0.4) is 0 Å². The van der Waals surface area contributed by atoms with Crippen molar-refractivity contribution in [1.29, 1.82) is 0 Å². The monoisotopic (exact) mass is 366 g/mol. The third kappa shape index (κ3) is 4.40. The van der Waals surface area contributed by atoms with Crippen LogP contribution in [0.25, 0.3) is 0 Å². The Balaban J connectivity index is 2.06. The third-order valence-corrected chi connectivity index (χ3v) is 4.48. The van der Waals surface area contributed by atoms with Crippen molar-refractivity contribution >= 4 is 12.6 Å². The van der Waals surface area contributed by atoms with E-state index in [-0.39, 0.29) is 17.9 Å². The van der Waals surface area contributed by atoms with Crippen LogP contribution < -0.4 is 10.2 Å². The highest BCUT2D eigenvalue weighted by molar-refractivity contribution is 6.62. The molecule has 0 saturated carbocycles. The molecule has 1 aliphatic heterocycles. The molecule has 140 valence electrons. The Morgan fingerprint density at radius 1 is 1.15 bits per heavy atom. The molecule has 0 aromatic heterocycles. The van der Waals surface area contributed by atoms with Crippen molar-refractivity contribution < 1.29 is 27.2 Å². The van der Waals surface area contributed by atoms with E-state index in [4.69, 9.17) is 14.0 Å². The maximum absolute atomic E-state index is 14.3. The van der Waals surface area contributed by atoms with Crippen LogP contribution in [0.5, 0.6) is 5.75 Å². The molecule has 7 heteroatoms. The van der Waals surface area contributed by atoms with Crippen LogP contribution >= 0.6 is 0 Å². The maximum atomic E-state index is 14.3. The minimum absolute atomic E-state index is 0.0423. The average molecular weight is 366 g/mol. The van der Waals surface area contributed by atoms with Crippen LogP contribution in [0.4, 0.5) is 13.2 Å². The number of hydrogen-bond donors (Lipinski definition) is 0. The first-order valence-electron chi connectivity index (χ1n) is 8.10.